The molecule has 0 aromatic carbocycles. The van der Waals surface area contributed by atoms with Crippen LogP contribution in [0.2, 0.25) is 0 Å². The van der Waals surface area contributed by atoms with Crippen molar-refractivity contribution in [3.05, 3.63) is 60.3 Å². The minimum atomic E-state index is -1.42. The quantitative estimate of drug-likeness (QED) is 0.107. The van der Waals surface area contributed by atoms with Gasteiger partial charge in [-0.2, -0.15) is 0 Å². The van der Waals surface area contributed by atoms with Crippen LogP contribution in [0.5, 0.6) is 0 Å². The van der Waals surface area contributed by atoms with Crippen LogP contribution < -0.4 is 5.32 Å². The van der Waals surface area contributed by atoms with Gasteiger partial charge in [0.1, 0.15) is 6.10 Å². The highest BCUT2D eigenvalue weighted by atomic mass is 16.5. The van der Waals surface area contributed by atoms with Gasteiger partial charge in [0.25, 0.3) is 0 Å². The van der Waals surface area contributed by atoms with Gasteiger partial charge >= 0.3 is 11.9 Å². The maximum absolute atomic E-state index is 12.0. The standard InChI is InChI=1S/C30H47NO6/c1-5-19-25(2)20-17-15-13-11-9-7-6-8-10-12-14-16-18-21-27(34)37-24-30(3,4)28(35)29(36)31-23-22-26(32)33/h6,8-9,11-12,14-15,17,19,28,35H,5,7,10,13,16,18,20-24H2,1-4H3,(H,31,36)(H,32,33). The molecule has 0 rings (SSSR count). The topological polar surface area (TPSA) is 113 Å². The molecule has 1 amide bonds. The van der Waals surface area contributed by atoms with E-state index in [1.54, 1.807) is 13.8 Å². The second-order valence-corrected chi connectivity index (χ2v) is 9.63. The number of aliphatic hydroxyl groups excluding tert-OH is 1. The Balaban J connectivity index is 3.95. The summed E-state index contributed by atoms with van der Waals surface area (Å²) in [5.74, 6) is -2.10. The van der Waals surface area contributed by atoms with E-state index in [4.69, 9.17) is 9.84 Å². The van der Waals surface area contributed by atoms with Crippen LogP contribution in [0.15, 0.2) is 60.3 Å². The second-order valence-electron chi connectivity index (χ2n) is 9.63. The highest BCUT2D eigenvalue weighted by molar-refractivity contribution is 5.81. The summed E-state index contributed by atoms with van der Waals surface area (Å²) in [5, 5.41) is 21.2. The van der Waals surface area contributed by atoms with Crippen molar-refractivity contribution in [3.8, 4) is 0 Å². The zero-order valence-electron chi connectivity index (χ0n) is 23.1. The molecule has 0 aromatic heterocycles. The van der Waals surface area contributed by atoms with E-state index in [1.807, 2.05) is 6.08 Å². The molecule has 0 aliphatic carbocycles. The average molecular weight is 518 g/mol. The predicted molar refractivity (Wildman–Crippen MR) is 149 cm³/mol. The normalized spacial score (nSPS) is 13.7. The van der Waals surface area contributed by atoms with Crippen LogP contribution in [-0.2, 0) is 19.1 Å². The maximum atomic E-state index is 12.0. The highest BCUT2D eigenvalue weighted by Gasteiger charge is 2.34. The summed E-state index contributed by atoms with van der Waals surface area (Å²) in [5.41, 5.74) is 0.418. The molecule has 7 heteroatoms. The Morgan fingerprint density at radius 2 is 1.49 bits per heavy atom. The molecule has 0 bridgehead atoms. The molecule has 0 saturated carbocycles. The Hall–Kier alpha value is -2.93. The number of amides is 1. The lowest BCUT2D eigenvalue weighted by Gasteiger charge is -2.28. The Kier molecular flexibility index (Phi) is 19.5. The largest absolute Gasteiger partial charge is 0.481 e. The van der Waals surface area contributed by atoms with Crippen LogP contribution in [-0.4, -0.2) is 47.3 Å². The fourth-order valence-electron chi connectivity index (χ4n) is 3.16. The van der Waals surface area contributed by atoms with E-state index in [1.165, 1.54) is 5.57 Å². The van der Waals surface area contributed by atoms with Gasteiger partial charge in [-0.1, -0.05) is 81.0 Å². The maximum Gasteiger partial charge on any atom is 0.305 e. The van der Waals surface area contributed by atoms with E-state index in [0.717, 1.165) is 38.5 Å². The van der Waals surface area contributed by atoms with Crippen LogP contribution in [0.25, 0.3) is 0 Å². The van der Waals surface area contributed by atoms with Crippen LogP contribution in [0.1, 0.15) is 85.5 Å². The molecule has 0 fully saturated rings. The third-order valence-corrected chi connectivity index (χ3v) is 5.46. The van der Waals surface area contributed by atoms with Crippen LogP contribution in [0.4, 0.5) is 0 Å². The minimum absolute atomic E-state index is 0.0727. The molecule has 0 aliphatic rings. The number of aliphatic carboxylic acids is 1. The van der Waals surface area contributed by atoms with Gasteiger partial charge in [-0.15, -0.1) is 0 Å². The lowest BCUT2D eigenvalue weighted by atomic mass is 9.87. The molecule has 0 radical (unpaired) electrons. The Morgan fingerprint density at radius 3 is 2.05 bits per heavy atom. The molecule has 0 spiro atoms. The molecule has 1 unspecified atom stereocenters. The van der Waals surface area contributed by atoms with E-state index in [2.05, 4.69) is 67.8 Å². The van der Waals surface area contributed by atoms with Crippen molar-refractivity contribution in [3.63, 3.8) is 0 Å². The Labute approximate surface area is 223 Å². The van der Waals surface area contributed by atoms with Crippen LogP contribution in [0.3, 0.4) is 0 Å². The number of ether oxygens (including phenoxy) is 1. The zero-order valence-corrected chi connectivity index (χ0v) is 23.1. The van der Waals surface area contributed by atoms with E-state index in [9.17, 15) is 19.5 Å². The first kappa shape index (κ1) is 34.1. The number of allylic oxidation sites excluding steroid dienone is 10. The Bertz CT molecular complexity index is 820. The second kappa shape index (κ2) is 21.2. The fraction of sp³-hybridized carbons (Fsp3) is 0.567. The summed E-state index contributed by atoms with van der Waals surface area (Å²) in [6, 6.07) is 0. The van der Waals surface area contributed by atoms with E-state index < -0.39 is 23.4 Å². The lowest BCUT2D eigenvalue weighted by molar-refractivity contribution is -0.153. The van der Waals surface area contributed by atoms with Gasteiger partial charge in [0.15, 0.2) is 0 Å². The number of carbonyl (C=O) groups excluding carboxylic acids is 2. The summed E-state index contributed by atoms with van der Waals surface area (Å²) in [7, 11) is 0. The van der Waals surface area contributed by atoms with Crippen molar-refractivity contribution in [2.24, 2.45) is 5.41 Å². The smallest absolute Gasteiger partial charge is 0.305 e. The van der Waals surface area contributed by atoms with Crippen molar-refractivity contribution in [1.29, 1.82) is 0 Å². The predicted octanol–water partition coefficient (Wildman–Crippen LogP) is 5.82. The molecular formula is C30H47NO6. The lowest BCUT2D eigenvalue weighted by Crippen LogP contribution is -2.46. The average Bonchev–Trinajstić information content (AvgIpc) is 2.84. The number of esters is 1. The van der Waals surface area contributed by atoms with Crippen molar-refractivity contribution in [2.45, 2.75) is 91.6 Å². The molecule has 3 N–H and O–H groups in total. The van der Waals surface area contributed by atoms with E-state index >= 15 is 0 Å². The van der Waals surface area contributed by atoms with Gasteiger partial charge in [-0.25, -0.2) is 0 Å². The highest BCUT2D eigenvalue weighted by Crippen LogP contribution is 2.22. The van der Waals surface area contributed by atoms with Gasteiger partial charge in [-0.05, 0) is 51.9 Å². The molecule has 1 atom stereocenters. The molecule has 0 saturated heterocycles. The number of hydrogen-bond acceptors (Lipinski definition) is 5. The number of nitrogens with one attached hydrogen (secondary N) is 1. The summed E-state index contributed by atoms with van der Waals surface area (Å²) in [6.45, 7) is 7.35. The number of carboxylic acid groups (broad SMARTS) is 1. The van der Waals surface area contributed by atoms with Crippen LogP contribution in [0, 0.1) is 5.41 Å². The summed E-state index contributed by atoms with van der Waals surface area (Å²) < 4.78 is 5.23. The summed E-state index contributed by atoms with van der Waals surface area (Å²) in [6.07, 6.45) is 24.2. The van der Waals surface area contributed by atoms with Gasteiger partial charge in [-0.3, -0.25) is 14.4 Å². The number of rotatable bonds is 20. The summed E-state index contributed by atoms with van der Waals surface area (Å²) in [4.78, 5) is 34.5. The molecule has 37 heavy (non-hydrogen) atoms. The van der Waals surface area contributed by atoms with E-state index in [-0.39, 0.29) is 32.0 Å². The molecule has 208 valence electrons. The fourth-order valence-corrected chi connectivity index (χ4v) is 3.16. The van der Waals surface area contributed by atoms with Gasteiger partial charge in [0.05, 0.1) is 13.0 Å². The molecule has 7 nitrogen and oxygen atoms in total. The minimum Gasteiger partial charge on any atom is -0.481 e. The number of carbonyl (C=O) groups is 3. The van der Waals surface area contributed by atoms with Crippen molar-refractivity contribution >= 4 is 17.8 Å². The number of unbranched alkanes of at least 4 members (excludes halogenated alkanes) is 1. The molecule has 0 heterocycles. The third kappa shape index (κ3) is 19.9. The molecule has 0 aliphatic heterocycles. The van der Waals surface area contributed by atoms with Crippen LogP contribution >= 0.6 is 0 Å². The SMILES string of the molecule is CCC=C(C)CC=CCC=CCC=CCC=CCCCC(=O)OCC(C)(C)C(O)C(=O)NCCC(=O)O. The van der Waals surface area contributed by atoms with Crippen molar-refractivity contribution in [2.75, 3.05) is 13.2 Å². The zero-order chi connectivity index (χ0) is 27.9. The van der Waals surface area contributed by atoms with Crippen molar-refractivity contribution in [1.82, 2.24) is 5.32 Å². The number of carboxylic acids is 1. The first-order chi connectivity index (χ1) is 17.6. The first-order valence-corrected chi connectivity index (χ1v) is 13.2. The van der Waals surface area contributed by atoms with Gasteiger partial charge in [0.2, 0.25) is 5.91 Å². The third-order valence-electron chi connectivity index (χ3n) is 5.46. The number of aliphatic hydroxyl groups is 1. The number of hydrogen-bond donors (Lipinski definition) is 3. The van der Waals surface area contributed by atoms with Gasteiger partial charge in [0, 0.05) is 18.4 Å². The molecule has 0 aromatic rings. The summed E-state index contributed by atoms with van der Waals surface area (Å²) >= 11 is 0. The monoisotopic (exact) mass is 517 g/mol. The molecular weight excluding hydrogens is 470 g/mol. The van der Waals surface area contributed by atoms with Crippen molar-refractivity contribution < 1.29 is 29.3 Å². The van der Waals surface area contributed by atoms with E-state index in [0.29, 0.717) is 6.42 Å². The van der Waals surface area contributed by atoms with Gasteiger partial charge < -0.3 is 20.3 Å². The Morgan fingerprint density at radius 1 is 0.919 bits per heavy atom. The first-order valence-electron chi connectivity index (χ1n) is 13.2.